The number of hydrogen-bond acceptors (Lipinski definition) is 4. The molecule has 90 valence electrons. The van der Waals surface area contributed by atoms with E-state index in [0.717, 1.165) is 5.69 Å². The average molecular weight is 226 g/mol. The van der Waals surface area contributed by atoms with Crippen molar-refractivity contribution in [3.8, 4) is 0 Å². The van der Waals surface area contributed by atoms with E-state index in [1.807, 2.05) is 6.92 Å². The predicted octanol–water partition coefficient (Wildman–Crippen LogP) is 0.714. The Morgan fingerprint density at radius 2 is 2.31 bits per heavy atom. The molecule has 0 aromatic carbocycles. The Labute approximate surface area is 95.0 Å². The molecule has 1 aromatic rings. The van der Waals surface area contributed by atoms with Gasteiger partial charge < -0.3 is 9.84 Å². The van der Waals surface area contributed by atoms with E-state index in [2.05, 4.69) is 9.84 Å². The highest BCUT2D eigenvalue weighted by Gasteiger charge is 2.38. The van der Waals surface area contributed by atoms with Crippen LogP contribution in [0.25, 0.3) is 0 Å². The minimum Gasteiger partial charge on any atom is -0.467 e. The zero-order chi connectivity index (χ0) is 12.3. The maximum Gasteiger partial charge on any atom is 0.335 e. The van der Waals surface area contributed by atoms with Gasteiger partial charge in [0.2, 0.25) is 0 Å². The van der Waals surface area contributed by atoms with Gasteiger partial charge in [-0.25, -0.2) is 4.79 Å². The largest absolute Gasteiger partial charge is 0.467 e. The second-order valence-electron chi connectivity index (χ2n) is 4.18. The molecule has 1 unspecified atom stereocenters. The molecule has 0 aliphatic heterocycles. The maximum atomic E-state index is 11.4. The first kappa shape index (κ1) is 12.7. The highest BCUT2D eigenvalue weighted by Crippen LogP contribution is 2.27. The van der Waals surface area contributed by atoms with E-state index in [9.17, 15) is 9.90 Å². The Bertz CT molecular complexity index is 371. The van der Waals surface area contributed by atoms with Crippen LogP contribution in [0.5, 0.6) is 0 Å². The third-order valence-corrected chi connectivity index (χ3v) is 2.78. The van der Waals surface area contributed by atoms with Crippen molar-refractivity contribution >= 4 is 5.97 Å². The second-order valence-corrected chi connectivity index (χ2v) is 4.18. The van der Waals surface area contributed by atoms with Crippen molar-refractivity contribution in [2.75, 3.05) is 7.11 Å². The van der Waals surface area contributed by atoms with Crippen LogP contribution in [0.1, 0.15) is 26.5 Å². The molecule has 1 heterocycles. The van der Waals surface area contributed by atoms with Gasteiger partial charge in [0.1, 0.15) is 0 Å². The molecule has 0 bridgehead atoms. The van der Waals surface area contributed by atoms with E-state index in [4.69, 9.17) is 0 Å². The molecule has 0 spiro atoms. The lowest BCUT2D eigenvalue weighted by molar-refractivity contribution is -0.154. The molecule has 0 radical (unpaired) electrons. The van der Waals surface area contributed by atoms with Crippen molar-refractivity contribution in [3.63, 3.8) is 0 Å². The zero-order valence-corrected chi connectivity index (χ0v) is 10.1. The predicted molar refractivity (Wildman–Crippen MR) is 58.9 cm³/mol. The molecule has 0 fully saturated rings. The monoisotopic (exact) mass is 226 g/mol. The first-order chi connectivity index (χ1) is 7.45. The standard InChI is InChI=1S/C11H18N2O3/c1-5-13-8(6-7-12-13)11(2,3)9(14)10(15)16-4/h6-7,9,14H,5H2,1-4H3. The molecule has 0 saturated carbocycles. The van der Waals surface area contributed by atoms with Crippen molar-refractivity contribution in [1.29, 1.82) is 0 Å². The van der Waals surface area contributed by atoms with Crippen LogP contribution in [0.3, 0.4) is 0 Å². The van der Waals surface area contributed by atoms with E-state index < -0.39 is 17.5 Å². The fourth-order valence-corrected chi connectivity index (χ4v) is 1.68. The first-order valence-corrected chi connectivity index (χ1v) is 5.23. The Morgan fingerprint density at radius 1 is 1.69 bits per heavy atom. The molecule has 0 amide bonds. The molecule has 0 aliphatic carbocycles. The summed E-state index contributed by atoms with van der Waals surface area (Å²) in [6.45, 7) is 6.23. The molecule has 1 N–H and O–H groups in total. The van der Waals surface area contributed by atoms with Crippen molar-refractivity contribution in [2.24, 2.45) is 0 Å². The lowest BCUT2D eigenvalue weighted by Gasteiger charge is -2.29. The number of aromatic nitrogens is 2. The van der Waals surface area contributed by atoms with Gasteiger partial charge >= 0.3 is 5.97 Å². The maximum absolute atomic E-state index is 11.4. The third-order valence-electron chi connectivity index (χ3n) is 2.78. The number of esters is 1. The number of aliphatic hydroxyl groups excluding tert-OH is 1. The number of methoxy groups -OCH3 is 1. The number of aliphatic hydroxyl groups is 1. The number of rotatable bonds is 4. The summed E-state index contributed by atoms with van der Waals surface area (Å²) in [5.74, 6) is -0.631. The summed E-state index contributed by atoms with van der Waals surface area (Å²) in [4.78, 5) is 11.4. The van der Waals surface area contributed by atoms with E-state index in [0.29, 0.717) is 6.54 Å². The first-order valence-electron chi connectivity index (χ1n) is 5.23. The van der Waals surface area contributed by atoms with Gasteiger partial charge in [-0.3, -0.25) is 4.68 Å². The van der Waals surface area contributed by atoms with E-state index in [1.54, 1.807) is 30.8 Å². The Kier molecular flexibility index (Phi) is 3.70. The van der Waals surface area contributed by atoms with Gasteiger partial charge in [-0.15, -0.1) is 0 Å². The number of ether oxygens (including phenoxy) is 1. The summed E-state index contributed by atoms with van der Waals surface area (Å²) in [5, 5.41) is 14.0. The van der Waals surface area contributed by atoms with E-state index >= 15 is 0 Å². The molecule has 1 aromatic heterocycles. The second kappa shape index (κ2) is 4.65. The fraction of sp³-hybridized carbons (Fsp3) is 0.636. The van der Waals surface area contributed by atoms with Crippen LogP contribution in [0.4, 0.5) is 0 Å². The van der Waals surface area contributed by atoms with Crippen LogP contribution in [-0.2, 0) is 21.5 Å². The lowest BCUT2D eigenvalue weighted by Crippen LogP contribution is -2.42. The van der Waals surface area contributed by atoms with Crippen molar-refractivity contribution in [3.05, 3.63) is 18.0 Å². The van der Waals surface area contributed by atoms with Crippen molar-refractivity contribution in [2.45, 2.75) is 38.8 Å². The zero-order valence-electron chi connectivity index (χ0n) is 10.1. The van der Waals surface area contributed by atoms with E-state index in [1.165, 1.54) is 7.11 Å². The highest BCUT2D eigenvalue weighted by molar-refractivity contribution is 5.76. The van der Waals surface area contributed by atoms with Gasteiger partial charge in [-0.2, -0.15) is 5.10 Å². The molecule has 1 atom stereocenters. The van der Waals surface area contributed by atoms with E-state index in [-0.39, 0.29) is 0 Å². The molecule has 0 aliphatic rings. The van der Waals surface area contributed by atoms with Crippen molar-refractivity contribution < 1.29 is 14.6 Å². The Hall–Kier alpha value is -1.36. The SMILES string of the molecule is CCn1nccc1C(C)(C)C(O)C(=O)OC. The summed E-state index contributed by atoms with van der Waals surface area (Å²) in [6.07, 6.45) is 0.462. The van der Waals surface area contributed by atoms with Crippen LogP contribution in [-0.4, -0.2) is 34.1 Å². The topological polar surface area (TPSA) is 64.3 Å². The van der Waals surface area contributed by atoms with Crippen LogP contribution >= 0.6 is 0 Å². The molecule has 1 rings (SSSR count). The minimum absolute atomic E-state index is 0.631. The fourth-order valence-electron chi connectivity index (χ4n) is 1.68. The van der Waals surface area contributed by atoms with Gasteiger partial charge in [0.05, 0.1) is 7.11 Å². The quantitative estimate of drug-likeness (QED) is 0.768. The van der Waals surface area contributed by atoms with Crippen LogP contribution < -0.4 is 0 Å². The molecule has 5 heteroatoms. The summed E-state index contributed by atoms with van der Waals surface area (Å²) < 4.78 is 6.31. The van der Waals surface area contributed by atoms with Crippen LogP contribution in [0.15, 0.2) is 12.3 Å². The Morgan fingerprint density at radius 3 is 2.81 bits per heavy atom. The van der Waals surface area contributed by atoms with Crippen molar-refractivity contribution in [1.82, 2.24) is 9.78 Å². The normalized spacial score (nSPS) is 13.6. The molecular weight excluding hydrogens is 208 g/mol. The highest BCUT2D eigenvalue weighted by atomic mass is 16.5. The lowest BCUT2D eigenvalue weighted by atomic mass is 9.83. The Balaban J connectivity index is 3.05. The number of carbonyl (C=O) groups excluding carboxylic acids is 1. The number of carbonyl (C=O) groups is 1. The molecular formula is C11H18N2O3. The van der Waals surface area contributed by atoms with Crippen LogP contribution in [0, 0.1) is 0 Å². The number of hydrogen-bond donors (Lipinski definition) is 1. The van der Waals surface area contributed by atoms with Gasteiger partial charge in [0.25, 0.3) is 0 Å². The molecule has 16 heavy (non-hydrogen) atoms. The molecule has 5 nitrogen and oxygen atoms in total. The smallest absolute Gasteiger partial charge is 0.335 e. The van der Waals surface area contributed by atoms with Crippen LogP contribution in [0.2, 0.25) is 0 Å². The summed E-state index contributed by atoms with van der Waals surface area (Å²) >= 11 is 0. The number of nitrogens with zero attached hydrogens (tertiary/aromatic N) is 2. The van der Waals surface area contributed by atoms with Gasteiger partial charge in [-0.1, -0.05) is 13.8 Å². The number of aryl methyl sites for hydroxylation is 1. The summed E-state index contributed by atoms with van der Waals surface area (Å²) in [5.41, 5.74) is 0.0903. The summed E-state index contributed by atoms with van der Waals surface area (Å²) in [6, 6.07) is 1.80. The molecule has 0 saturated heterocycles. The van der Waals surface area contributed by atoms with Gasteiger partial charge in [0, 0.05) is 23.9 Å². The summed E-state index contributed by atoms with van der Waals surface area (Å²) in [7, 11) is 1.26. The third kappa shape index (κ3) is 2.09. The minimum atomic E-state index is -1.19. The van der Waals surface area contributed by atoms with Gasteiger partial charge in [-0.05, 0) is 13.0 Å². The average Bonchev–Trinajstić information content (AvgIpc) is 2.75. The van der Waals surface area contributed by atoms with Gasteiger partial charge in [0.15, 0.2) is 6.10 Å².